The van der Waals surface area contributed by atoms with E-state index < -0.39 is 0 Å². The number of halogens is 1. The van der Waals surface area contributed by atoms with Gasteiger partial charge in [0.15, 0.2) is 0 Å². The number of hydrogen-bond acceptors (Lipinski definition) is 2. The average Bonchev–Trinajstić information content (AvgIpc) is 2.86. The molecule has 0 bridgehead atoms. The van der Waals surface area contributed by atoms with Crippen molar-refractivity contribution in [2.45, 2.75) is 39.7 Å². The van der Waals surface area contributed by atoms with E-state index in [0.29, 0.717) is 18.4 Å². The van der Waals surface area contributed by atoms with Gasteiger partial charge in [-0.15, -0.1) is 0 Å². The number of imidazole rings is 1. The minimum absolute atomic E-state index is 0.178. The average molecular weight is 289 g/mol. The van der Waals surface area contributed by atoms with Crippen molar-refractivity contribution in [3.05, 3.63) is 53.4 Å². The van der Waals surface area contributed by atoms with Gasteiger partial charge in [0.1, 0.15) is 5.82 Å². The zero-order valence-corrected chi connectivity index (χ0v) is 13.0. The molecule has 2 aromatic rings. The molecule has 0 saturated carbocycles. The molecule has 0 spiro atoms. The van der Waals surface area contributed by atoms with Gasteiger partial charge in [-0.2, -0.15) is 0 Å². The highest BCUT2D eigenvalue weighted by Crippen LogP contribution is 2.23. The Morgan fingerprint density at radius 2 is 2.10 bits per heavy atom. The van der Waals surface area contributed by atoms with Crippen molar-refractivity contribution in [1.82, 2.24) is 9.55 Å². The fourth-order valence-corrected chi connectivity index (χ4v) is 2.74. The fraction of sp³-hybridized carbons (Fsp3) is 0.471. The molecular formula is C17H24FN3. The molecule has 3 nitrogen and oxygen atoms in total. The van der Waals surface area contributed by atoms with Crippen LogP contribution in [0.25, 0.3) is 0 Å². The van der Waals surface area contributed by atoms with Crippen LogP contribution in [-0.2, 0) is 13.0 Å². The molecule has 1 aromatic carbocycles. The van der Waals surface area contributed by atoms with Crippen LogP contribution in [0.4, 0.5) is 4.39 Å². The molecule has 1 aromatic heterocycles. The summed E-state index contributed by atoms with van der Waals surface area (Å²) >= 11 is 0. The molecule has 1 heterocycles. The first-order valence-electron chi connectivity index (χ1n) is 7.48. The van der Waals surface area contributed by atoms with Crippen LogP contribution >= 0.6 is 0 Å². The molecule has 0 amide bonds. The lowest BCUT2D eigenvalue weighted by molar-refractivity contribution is 0.471. The zero-order valence-electron chi connectivity index (χ0n) is 13.0. The first-order valence-corrected chi connectivity index (χ1v) is 7.48. The van der Waals surface area contributed by atoms with Crippen molar-refractivity contribution in [2.24, 2.45) is 11.7 Å². The highest BCUT2D eigenvalue weighted by atomic mass is 19.1. The van der Waals surface area contributed by atoms with E-state index in [2.05, 4.69) is 23.4 Å². The van der Waals surface area contributed by atoms with Gasteiger partial charge < -0.3 is 10.3 Å². The van der Waals surface area contributed by atoms with Gasteiger partial charge in [-0.3, -0.25) is 0 Å². The maximum atomic E-state index is 13.1. The number of aromatic nitrogens is 2. The molecule has 2 N–H and O–H groups in total. The Labute approximate surface area is 126 Å². The minimum Gasteiger partial charge on any atom is -0.334 e. The van der Waals surface area contributed by atoms with Crippen molar-refractivity contribution >= 4 is 0 Å². The molecule has 4 heteroatoms. The molecule has 0 radical (unpaired) electrons. The summed E-state index contributed by atoms with van der Waals surface area (Å²) in [6, 6.07) is 4.97. The quantitative estimate of drug-likeness (QED) is 0.887. The summed E-state index contributed by atoms with van der Waals surface area (Å²) in [5.74, 6) is 0.627. The number of aryl methyl sites for hydroxylation is 3. The number of benzene rings is 1. The maximum Gasteiger partial charge on any atom is 0.123 e. The van der Waals surface area contributed by atoms with Gasteiger partial charge in [0, 0.05) is 30.9 Å². The Bertz CT molecular complexity index is 589. The van der Waals surface area contributed by atoms with Crippen LogP contribution in [0, 0.1) is 18.7 Å². The molecule has 0 aliphatic heterocycles. The Morgan fingerprint density at radius 1 is 1.33 bits per heavy atom. The summed E-state index contributed by atoms with van der Waals surface area (Å²) in [6.07, 6.45) is 4.64. The number of nitrogens with zero attached hydrogens (tertiary/aromatic N) is 2. The Hall–Kier alpha value is -1.68. The standard InChI is InChI=1S/C17H24FN3/c1-12(2)16(9-19)17-10-20-11-21(17)7-6-14-4-5-15(18)8-13(14)3/h4-5,8,10-12,16H,6-7,9,19H2,1-3H3. The monoisotopic (exact) mass is 289 g/mol. The second-order valence-electron chi connectivity index (χ2n) is 5.92. The van der Waals surface area contributed by atoms with Crippen LogP contribution in [0.5, 0.6) is 0 Å². The summed E-state index contributed by atoms with van der Waals surface area (Å²) in [6.45, 7) is 7.77. The second kappa shape index (κ2) is 6.85. The highest BCUT2D eigenvalue weighted by molar-refractivity contribution is 5.26. The molecule has 114 valence electrons. The van der Waals surface area contributed by atoms with Gasteiger partial charge in [0.2, 0.25) is 0 Å². The second-order valence-corrected chi connectivity index (χ2v) is 5.92. The number of hydrogen-bond donors (Lipinski definition) is 1. The van der Waals surface area contributed by atoms with Crippen LogP contribution in [0.15, 0.2) is 30.7 Å². The lowest BCUT2D eigenvalue weighted by Crippen LogP contribution is -2.21. The van der Waals surface area contributed by atoms with Gasteiger partial charge in [-0.05, 0) is 42.5 Å². The molecule has 1 atom stereocenters. The summed E-state index contributed by atoms with van der Waals surface area (Å²) in [4.78, 5) is 4.27. The van der Waals surface area contributed by atoms with Gasteiger partial charge in [0.25, 0.3) is 0 Å². The SMILES string of the molecule is Cc1cc(F)ccc1CCn1cncc1C(CN)C(C)C. The molecule has 0 aliphatic rings. The van der Waals surface area contributed by atoms with Gasteiger partial charge in [-0.1, -0.05) is 19.9 Å². The van der Waals surface area contributed by atoms with E-state index in [1.54, 1.807) is 6.07 Å². The molecule has 2 rings (SSSR count). The van der Waals surface area contributed by atoms with E-state index in [1.165, 1.54) is 17.3 Å². The summed E-state index contributed by atoms with van der Waals surface area (Å²) in [7, 11) is 0. The van der Waals surface area contributed by atoms with E-state index in [4.69, 9.17) is 5.73 Å². The lowest BCUT2D eigenvalue weighted by atomic mass is 9.93. The predicted octanol–water partition coefficient (Wildman–Crippen LogP) is 3.27. The van der Waals surface area contributed by atoms with Crippen LogP contribution in [-0.4, -0.2) is 16.1 Å². The number of rotatable bonds is 6. The summed E-state index contributed by atoms with van der Waals surface area (Å²) in [5.41, 5.74) is 9.25. The van der Waals surface area contributed by atoms with Crippen LogP contribution in [0.1, 0.15) is 36.6 Å². The Kier molecular flexibility index (Phi) is 5.12. The van der Waals surface area contributed by atoms with Crippen molar-refractivity contribution in [3.8, 4) is 0 Å². The zero-order chi connectivity index (χ0) is 15.4. The summed E-state index contributed by atoms with van der Waals surface area (Å²) in [5, 5.41) is 0. The maximum absolute atomic E-state index is 13.1. The van der Waals surface area contributed by atoms with Crippen molar-refractivity contribution < 1.29 is 4.39 Å². The first-order chi connectivity index (χ1) is 10.0. The number of nitrogens with two attached hydrogens (primary N) is 1. The minimum atomic E-state index is -0.178. The molecule has 21 heavy (non-hydrogen) atoms. The van der Waals surface area contributed by atoms with E-state index in [1.807, 2.05) is 25.5 Å². The molecule has 1 unspecified atom stereocenters. The van der Waals surface area contributed by atoms with Gasteiger partial charge in [-0.25, -0.2) is 9.37 Å². The molecule has 0 saturated heterocycles. The Morgan fingerprint density at radius 3 is 2.71 bits per heavy atom. The van der Waals surface area contributed by atoms with Gasteiger partial charge >= 0.3 is 0 Å². The smallest absolute Gasteiger partial charge is 0.123 e. The third-order valence-electron chi connectivity index (χ3n) is 4.11. The van der Waals surface area contributed by atoms with Crippen LogP contribution in [0.2, 0.25) is 0 Å². The van der Waals surface area contributed by atoms with E-state index in [-0.39, 0.29) is 5.82 Å². The summed E-state index contributed by atoms with van der Waals surface area (Å²) < 4.78 is 15.3. The van der Waals surface area contributed by atoms with Crippen molar-refractivity contribution in [2.75, 3.05) is 6.54 Å². The first kappa shape index (κ1) is 15.7. The largest absolute Gasteiger partial charge is 0.334 e. The topological polar surface area (TPSA) is 43.8 Å². The Balaban J connectivity index is 2.12. The van der Waals surface area contributed by atoms with Crippen molar-refractivity contribution in [1.29, 1.82) is 0 Å². The fourth-order valence-electron chi connectivity index (χ4n) is 2.74. The molecule has 0 aliphatic carbocycles. The van der Waals surface area contributed by atoms with Crippen LogP contribution < -0.4 is 5.73 Å². The lowest BCUT2D eigenvalue weighted by Gasteiger charge is -2.20. The van der Waals surface area contributed by atoms with E-state index in [0.717, 1.165) is 18.5 Å². The third-order valence-corrected chi connectivity index (χ3v) is 4.11. The van der Waals surface area contributed by atoms with E-state index >= 15 is 0 Å². The predicted molar refractivity (Wildman–Crippen MR) is 83.7 cm³/mol. The van der Waals surface area contributed by atoms with Crippen molar-refractivity contribution in [3.63, 3.8) is 0 Å². The molecule has 0 fully saturated rings. The van der Waals surface area contributed by atoms with E-state index in [9.17, 15) is 4.39 Å². The highest BCUT2D eigenvalue weighted by Gasteiger charge is 2.18. The third kappa shape index (κ3) is 3.70. The normalized spacial score (nSPS) is 12.9. The van der Waals surface area contributed by atoms with Gasteiger partial charge in [0.05, 0.1) is 6.33 Å². The van der Waals surface area contributed by atoms with Crippen LogP contribution in [0.3, 0.4) is 0 Å². The molecular weight excluding hydrogens is 265 g/mol.